The minimum absolute atomic E-state index is 0.878. The lowest BCUT2D eigenvalue weighted by Gasteiger charge is -2.16. The van der Waals surface area contributed by atoms with Crippen LogP contribution in [0.2, 0.25) is 0 Å². The Morgan fingerprint density at radius 3 is 2.70 bits per heavy atom. The van der Waals surface area contributed by atoms with Crippen molar-refractivity contribution in [1.29, 1.82) is 0 Å². The fourth-order valence-electron chi connectivity index (χ4n) is 3.48. The average molecular weight is 354 g/mol. The summed E-state index contributed by atoms with van der Waals surface area (Å²) in [4.78, 5) is 9.03. The molecule has 2 aromatic carbocycles. The molecule has 2 heterocycles. The zero-order valence-corrected chi connectivity index (χ0v) is 15.4. The third-order valence-corrected chi connectivity index (χ3v) is 4.76. The number of hydrogen-bond acceptors (Lipinski definition) is 3. The van der Waals surface area contributed by atoms with E-state index < -0.39 is 0 Å². The Balaban J connectivity index is 1.72. The van der Waals surface area contributed by atoms with Crippen molar-refractivity contribution >= 4 is 11.8 Å². The Bertz CT molecular complexity index is 990. The number of nitrogens with zero attached hydrogens (tertiary/aromatic N) is 2. The molecule has 0 saturated carbocycles. The molecule has 0 unspecified atom stereocenters. The van der Waals surface area contributed by atoms with Gasteiger partial charge in [0.15, 0.2) is 0 Å². The quantitative estimate of drug-likeness (QED) is 0.626. The summed E-state index contributed by atoms with van der Waals surface area (Å²) in [6, 6.07) is 20.7. The lowest BCUT2D eigenvalue weighted by molar-refractivity contribution is 0.416. The van der Waals surface area contributed by atoms with E-state index in [0.29, 0.717) is 0 Å². The molecule has 1 aromatic heterocycles. The molecule has 1 aliphatic rings. The molecule has 0 bridgehead atoms. The van der Waals surface area contributed by atoms with Crippen LogP contribution in [-0.2, 0) is 0 Å². The van der Waals surface area contributed by atoms with Crippen LogP contribution in [0.1, 0.15) is 24.0 Å². The van der Waals surface area contributed by atoms with Gasteiger partial charge in [0.05, 0.1) is 12.8 Å². The molecule has 0 spiro atoms. The first kappa shape index (κ1) is 17.2. The number of aromatic nitrogens is 1. The van der Waals surface area contributed by atoms with Crippen LogP contribution in [0.3, 0.4) is 0 Å². The second-order valence-electron chi connectivity index (χ2n) is 6.57. The van der Waals surface area contributed by atoms with Crippen LogP contribution in [0.15, 0.2) is 83.6 Å². The van der Waals surface area contributed by atoms with Crippen LogP contribution in [0.5, 0.6) is 5.75 Å². The Morgan fingerprint density at radius 2 is 1.85 bits per heavy atom. The smallest absolute Gasteiger partial charge is 0.126 e. The van der Waals surface area contributed by atoms with E-state index in [9.17, 15) is 0 Å². The number of pyridine rings is 1. The molecule has 3 nitrogen and oxygen atoms in total. The number of allylic oxidation sites excluding steroid dienone is 1. The molecular weight excluding hydrogens is 332 g/mol. The van der Waals surface area contributed by atoms with Crippen molar-refractivity contribution in [3.63, 3.8) is 0 Å². The number of para-hydroxylation sites is 1. The topological polar surface area (TPSA) is 34.5 Å². The highest BCUT2D eigenvalue weighted by atomic mass is 16.5. The third-order valence-electron chi connectivity index (χ3n) is 4.76. The average Bonchev–Trinajstić information content (AvgIpc) is 2.75. The maximum absolute atomic E-state index is 5.52. The van der Waals surface area contributed by atoms with Crippen LogP contribution in [0.4, 0.5) is 0 Å². The van der Waals surface area contributed by atoms with E-state index in [1.807, 2.05) is 30.5 Å². The van der Waals surface area contributed by atoms with Crippen LogP contribution >= 0.6 is 0 Å². The van der Waals surface area contributed by atoms with Crippen LogP contribution in [-0.4, -0.2) is 24.4 Å². The predicted octanol–water partition coefficient (Wildman–Crippen LogP) is 5.42. The van der Waals surface area contributed by atoms with E-state index in [0.717, 1.165) is 47.5 Å². The Morgan fingerprint density at radius 1 is 0.963 bits per heavy atom. The first-order valence-corrected chi connectivity index (χ1v) is 9.24. The number of aliphatic imine (C=N–C) groups is 1. The zero-order chi connectivity index (χ0) is 18.5. The van der Waals surface area contributed by atoms with Crippen molar-refractivity contribution in [1.82, 2.24) is 4.98 Å². The normalized spacial score (nSPS) is 15.4. The molecule has 0 atom stereocenters. The number of methoxy groups -OCH3 is 1. The molecule has 0 saturated heterocycles. The summed E-state index contributed by atoms with van der Waals surface area (Å²) in [6.45, 7) is 0.878. The Kier molecular flexibility index (Phi) is 5.10. The Labute approximate surface area is 160 Å². The fourth-order valence-corrected chi connectivity index (χ4v) is 3.48. The lowest BCUT2D eigenvalue weighted by Crippen LogP contribution is -2.11. The van der Waals surface area contributed by atoms with Crippen molar-refractivity contribution in [2.45, 2.75) is 12.8 Å². The summed E-state index contributed by atoms with van der Waals surface area (Å²) < 4.78 is 5.52. The second-order valence-corrected chi connectivity index (χ2v) is 6.57. The molecule has 0 amide bonds. The predicted molar refractivity (Wildman–Crippen MR) is 111 cm³/mol. The van der Waals surface area contributed by atoms with Crippen molar-refractivity contribution in [3.05, 3.63) is 89.8 Å². The number of hydrogen-bond donors (Lipinski definition) is 0. The summed E-state index contributed by atoms with van der Waals surface area (Å²) in [5.74, 6) is 0.887. The fraction of sp³-hybridized carbons (Fsp3) is 0.167. The van der Waals surface area contributed by atoms with Gasteiger partial charge in [0.25, 0.3) is 0 Å². The highest BCUT2D eigenvalue weighted by molar-refractivity contribution is 6.15. The van der Waals surface area contributed by atoms with Crippen LogP contribution in [0.25, 0.3) is 17.2 Å². The highest BCUT2D eigenvalue weighted by Crippen LogP contribution is 2.31. The largest absolute Gasteiger partial charge is 0.496 e. The molecule has 4 rings (SSSR count). The minimum atomic E-state index is 0.878. The van der Waals surface area contributed by atoms with Gasteiger partial charge in [-0.05, 0) is 59.9 Å². The van der Waals surface area contributed by atoms with E-state index in [-0.39, 0.29) is 0 Å². The lowest BCUT2D eigenvalue weighted by atomic mass is 9.94. The van der Waals surface area contributed by atoms with Gasteiger partial charge < -0.3 is 4.74 Å². The zero-order valence-electron chi connectivity index (χ0n) is 15.4. The molecule has 0 fully saturated rings. The standard InChI is InChI=1S/C24H22N2O/c1-27-23-12-3-2-11-22(23)19-8-4-7-18(15-19)16-20-9-6-14-26-24(20)21-10-5-13-25-17-21/h2-5,7-8,10-13,15-17H,6,9,14H2,1H3/b20-16+. The number of rotatable bonds is 4. The molecule has 1 aliphatic heterocycles. The molecule has 0 aliphatic carbocycles. The molecule has 3 aromatic rings. The van der Waals surface area contributed by atoms with Gasteiger partial charge in [-0.2, -0.15) is 0 Å². The molecule has 134 valence electrons. The van der Waals surface area contributed by atoms with Gasteiger partial charge in [-0.25, -0.2) is 0 Å². The van der Waals surface area contributed by atoms with Gasteiger partial charge in [-0.15, -0.1) is 0 Å². The molecule has 27 heavy (non-hydrogen) atoms. The van der Waals surface area contributed by atoms with Crippen molar-refractivity contribution in [3.8, 4) is 16.9 Å². The van der Waals surface area contributed by atoms with Crippen LogP contribution < -0.4 is 4.74 Å². The van der Waals surface area contributed by atoms with Gasteiger partial charge in [-0.1, -0.05) is 36.4 Å². The van der Waals surface area contributed by atoms with Crippen molar-refractivity contribution in [2.24, 2.45) is 4.99 Å². The SMILES string of the molecule is COc1ccccc1-c1cccc(/C=C2\CCCN=C2c2cccnc2)c1. The summed E-state index contributed by atoms with van der Waals surface area (Å²) in [5, 5.41) is 0. The van der Waals surface area contributed by atoms with Gasteiger partial charge in [0.2, 0.25) is 0 Å². The number of ether oxygens (including phenoxy) is 1. The van der Waals surface area contributed by atoms with Gasteiger partial charge in [0, 0.05) is 30.1 Å². The maximum atomic E-state index is 5.52. The van der Waals surface area contributed by atoms with Crippen molar-refractivity contribution in [2.75, 3.05) is 13.7 Å². The number of benzene rings is 2. The van der Waals surface area contributed by atoms with E-state index in [2.05, 4.69) is 47.5 Å². The summed E-state index contributed by atoms with van der Waals surface area (Å²) in [6.07, 6.45) is 8.06. The first-order chi connectivity index (χ1) is 13.3. The highest BCUT2D eigenvalue weighted by Gasteiger charge is 2.14. The van der Waals surface area contributed by atoms with Crippen LogP contribution in [0, 0.1) is 0 Å². The van der Waals surface area contributed by atoms with E-state index in [1.165, 1.54) is 11.1 Å². The first-order valence-electron chi connectivity index (χ1n) is 9.24. The molecule has 3 heteroatoms. The maximum Gasteiger partial charge on any atom is 0.126 e. The monoisotopic (exact) mass is 354 g/mol. The molecule has 0 N–H and O–H groups in total. The summed E-state index contributed by atoms with van der Waals surface area (Å²) in [5.41, 5.74) is 6.85. The van der Waals surface area contributed by atoms with Crippen molar-refractivity contribution < 1.29 is 4.74 Å². The molecular formula is C24H22N2O. The van der Waals surface area contributed by atoms with E-state index in [4.69, 9.17) is 9.73 Å². The van der Waals surface area contributed by atoms with E-state index >= 15 is 0 Å². The third kappa shape index (κ3) is 3.82. The minimum Gasteiger partial charge on any atom is -0.496 e. The Hall–Kier alpha value is -3.20. The summed E-state index contributed by atoms with van der Waals surface area (Å²) in [7, 11) is 1.71. The second kappa shape index (κ2) is 8.00. The summed E-state index contributed by atoms with van der Waals surface area (Å²) >= 11 is 0. The van der Waals surface area contributed by atoms with Gasteiger partial charge >= 0.3 is 0 Å². The van der Waals surface area contributed by atoms with E-state index in [1.54, 1.807) is 13.3 Å². The van der Waals surface area contributed by atoms with Gasteiger partial charge in [-0.3, -0.25) is 9.98 Å². The molecule has 0 radical (unpaired) electrons. The van der Waals surface area contributed by atoms with Gasteiger partial charge in [0.1, 0.15) is 5.75 Å².